The van der Waals surface area contributed by atoms with E-state index in [1.54, 1.807) is 24.3 Å². The number of nitrogens with one attached hydrogen (secondary N) is 2. The van der Waals surface area contributed by atoms with Gasteiger partial charge in [-0.15, -0.1) is 0 Å². The number of methoxy groups -OCH3 is 2. The first-order valence-electron chi connectivity index (χ1n) is 16.2. The van der Waals surface area contributed by atoms with E-state index in [4.69, 9.17) is 19.9 Å². The number of hydrogen-bond donors (Lipinski definition) is 3. The number of hydrogen-bond acceptors (Lipinski definition) is 13. The van der Waals surface area contributed by atoms with Crippen LogP contribution in [-0.4, -0.2) is 85.4 Å². The van der Waals surface area contributed by atoms with E-state index in [0.29, 0.717) is 11.5 Å². The molecule has 5 rings (SSSR count). The third-order valence-electron chi connectivity index (χ3n) is 7.96. The van der Waals surface area contributed by atoms with E-state index in [-0.39, 0.29) is 40.6 Å². The topological polar surface area (TPSA) is 233 Å². The molecule has 0 radical (unpaired) electrons. The highest BCUT2D eigenvalue weighted by atomic mass is 32.2. The zero-order valence-electron chi connectivity index (χ0n) is 29.1. The number of esters is 1. The van der Waals surface area contributed by atoms with Gasteiger partial charge in [-0.1, -0.05) is 30.3 Å². The third-order valence-corrected chi connectivity index (χ3v) is 11.2. The molecule has 0 saturated carbocycles. The fraction of sp³-hybridized carbons (Fsp3) is 0.229. The lowest BCUT2D eigenvalue weighted by molar-refractivity contribution is -0.145. The zero-order chi connectivity index (χ0) is 38.9. The Bertz CT molecular complexity index is 2290. The summed E-state index contributed by atoms with van der Waals surface area (Å²) < 4.78 is 69.8. The number of imidazole rings is 2. The first-order chi connectivity index (χ1) is 25.8. The SMILES string of the molecule is COc1ccc(S(=O)(=O)n2cnc(C[C@H](NC(=O)[C@@H](N)Cc3cn(S(=O)(=O)c4ccc(OC)cc4)cn3)C(=O)NCC(=O)OCc3ccccc3)c2)cc1. The Morgan fingerprint density at radius 3 is 1.72 bits per heavy atom. The van der Waals surface area contributed by atoms with E-state index in [1.807, 2.05) is 6.07 Å². The summed E-state index contributed by atoms with van der Waals surface area (Å²) in [6.07, 6.45) is 4.01. The molecule has 4 N–H and O–H groups in total. The van der Waals surface area contributed by atoms with Gasteiger partial charge < -0.3 is 30.6 Å². The number of aromatic nitrogens is 4. The second-order valence-electron chi connectivity index (χ2n) is 11.7. The van der Waals surface area contributed by atoms with Crippen molar-refractivity contribution in [1.29, 1.82) is 0 Å². The normalized spacial score (nSPS) is 12.6. The molecule has 3 aromatic carbocycles. The van der Waals surface area contributed by atoms with Gasteiger partial charge in [-0.05, 0) is 54.1 Å². The van der Waals surface area contributed by atoms with Crippen molar-refractivity contribution in [2.24, 2.45) is 5.73 Å². The van der Waals surface area contributed by atoms with Gasteiger partial charge in [0.1, 0.15) is 43.3 Å². The molecule has 0 aliphatic heterocycles. The minimum absolute atomic E-state index is 0.0219. The minimum Gasteiger partial charge on any atom is -0.497 e. The monoisotopic (exact) mass is 779 g/mol. The molecule has 0 aliphatic rings. The van der Waals surface area contributed by atoms with Gasteiger partial charge in [-0.3, -0.25) is 14.4 Å². The van der Waals surface area contributed by atoms with E-state index in [0.717, 1.165) is 26.2 Å². The number of nitrogens with zero attached hydrogens (tertiary/aromatic N) is 4. The predicted molar refractivity (Wildman–Crippen MR) is 192 cm³/mol. The summed E-state index contributed by atoms with van der Waals surface area (Å²) in [7, 11) is -5.20. The zero-order valence-corrected chi connectivity index (χ0v) is 30.7. The van der Waals surface area contributed by atoms with E-state index in [9.17, 15) is 31.2 Å². The smallest absolute Gasteiger partial charge is 0.325 e. The Hall–Kier alpha value is -6.05. The maximum absolute atomic E-state index is 13.4. The van der Waals surface area contributed by atoms with Crippen molar-refractivity contribution >= 4 is 37.8 Å². The molecule has 0 saturated heterocycles. The Kier molecular flexibility index (Phi) is 12.5. The number of benzene rings is 3. The van der Waals surface area contributed by atoms with Crippen molar-refractivity contribution in [1.82, 2.24) is 28.5 Å². The van der Waals surface area contributed by atoms with Crippen LogP contribution in [0.15, 0.2) is 114 Å². The van der Waals surface area contributed by atoms with Crippen LogP contribution in [0.2, 0.25) is 0 Å². The van der Waals surface area contributed by atoms with Crippen molar-refractivity contribution < 1.29 is 45.4 Å². The number of carbonyl (C=O) groups excluding carboxylic acids is 3. The number of ether oxygens (including phenoxy) is 3. The summed E-state index contributed by atoms with van der Waals surface area (Å²) in [5.41, 5.74) is 7.19. The van der Waals surface area contributed by atoms with Gasteiger partial charge in [0, 0.05) is 25.2 Å². The van der Waals surface area contributed by atoms with Gasteiger partial charge in [0.15, 0.2) is 0 Å². The van der Waals surface area contributed by atoms with Gasteiger partial charge in [0.25, 0.3) is 20.0 Å². The number of rotatable bonds is 17. The Morgan fingerprint density at radius 1 is 0.722 bits per heavy atom. The highest BCUT2D eigenvalue weighted by Crippen LogP contribution is 2.20. The minimum atomic E-state index is -4.08. The molecule has 5 aromatic rings. The average molecular weight is 780 g/mol. The first kappa shape index (κ1) is 39.2. The molecule has 0 spiro atoms. The summed E-state index contributed by atoms with van der Waals surface area (Å²) in [6.45, 7) is -0.563. The molecular weight excluding hydrogens is 743 g/mol. The molecule has 0 bridgehead atoms. The van der Waals surface area contributed by atoms with Gasteiger partial charge >= 0.3 is 5.97 Å². The third kappa shape index (κ3) is 9.68. The van der Waals surface area contributed by atoms with Crippen LogP contribution in [0.25, 0.3) is 0 Å². The molecule has 2 amide bonds. The Balaban J connectivity index is 1.28. The molecule has 17 nitrogen and oxygen atoms in total. The molecular formula is C35H37N7O10S2. The van der Waals surface area contributed by atoms with Crippen LogP contribution in [0.3, 0.4) is 0 Å². The van der Waals surface area contributed by atoms with Gasteiger partial charge in [0.2, 0.25) is 11.8 Å². The number of carbonyl (C=O) groups is 3. The molecule has 0 aliphatic carbocycles. The van der Waals surface area contributed by atoms with Crippen molar-refractivity contribution in [3.8, 4) is 11.5 Å². The molecule has 2 heterocycles. The molecule has 284 valence electrons. The first-order valence-corrected chi connectivity index (χ1v) is 19.1. The Morgan fingerprint density at radius 2 is 1.22 bits per heavy atom. The van der Waals surface area contributed by atoms with Gasteiger partial charge in [-0.2, -0.15) is 0 Å². The average Bonchev–Trinajstić information content (AvgIpc) is 3.87. The van der Waals surface area contributed by atoms with Crippen molar-refractivity contribution in [2.75, 3.05) is 20.8 Å². The van der Waals surface area contributed by atoms with Crippen LogP contribution in [0.4, 0.5) is 0 Å². The van der Waals surface area contributed by atoms with Crippen molar-refractivity contribution in [3.63, 3.8) is 0 Å². The van der Waals surface area contributed by atoms with E-state index >= 15 is 0 Å². The second-order valence-corrected chi connectivity index (χ2v) is 15.4. The fourth-order valence-corrected chi connectivity index (χ4v) is 7.30. The van der Waals surface area contributed by atoms with Crippen LogP contribution in [0, 0.1) is 0 Å². The van der Waals surface area contributed by atoms with Crippen LogP contribution < -0.4 is 25.8 Å². The number of nitrogens with two attached hydrogens (primary N) is 1. The molecule has 2 aromatic heterocycles. The maximum atomic E-state index is 13.4. The lowest BCUT2D eigenvalue weighted by Gasteiger charge is -2.20. The van der Waals surface area contributed by atoms with Crippen molar-refractivity contribution in [2.45, 2.75) is 41.3 Å². The Labute approximate surface area is 311 Å². The van der Waals surface area contributed by atoms with Gasteiger partial charge in [-0.25, -0.2) is 34.7 Å². The highest BCUT2D eigenvalue weighted by Gasteiger charge is 2.28. The molecule has 2 atom stereocenters. The largest absolute Gasteiger partial charge is 0.497 e. The second kappa shape index (κ2) is 17.2. The molecule has 0 unspecified atom stereocenters. The lowest BCUT2D eigenvalue weighted by Crippen LogP contribution is -2.53. The highest BCUT2D eigenvalue weighted by molar-refractivity contribution is 7.90. The standard InChI is InChI=1S/C35H37N7O10S2/c1-50-27-8-12-29(13-9-27)53(46,47)41-19-25(38-22-41)16-31(36)34(44)40-32(35(45)37-18-33(43)52-21-24-6-4-3-5-7-24)17-26-20-42(23-39-26)54(48,49)30-14-10-28(51-2)11-15-30/h3-15,19-20,22-23,31-32H,16-18,21,36H2,1-2H3,(H,37,45)(H,40,44)/t31-,32-/m0/s1. The number of amides is 2. The summed E-state index contributed by atoms with van der Waals surface area (Å²) in [5.74, 6) is -1.45. The summed E-state index contributed by atoms with van der Waals surface area (Å²) in [4.78, 5) is 47.3. The summed E-state index contributed by atoms with van der Waals surface area (Å²) in [6, 6.07) is 17.6. The van der Waals surface area contributed by atoms with Gasteiger partial charge in [0.05, 0.1) is 41.4 Å². The van der Waals surface area contributed by atoms with Crippen molar-refractivity contribution in [3.05, 3.63) is 121 Å². The quantitative estimate of drug-likeness (QED) is 0.112. The molecule has 0 fully saturated rings. The molecule has 19 heteroatoms. The molecule has 54 heavy (non-hydrogen) atoms. The van der Waals surface area contributed by atoms with E-state index in [2.05, 4.69) is 20.6 Å². The maximum Gasteiger partial charge on any atom is 0.325 e. The predicted octanol–water partition coefficient (Wildman–Crippen LogP) is 1.03. The van der Waals surface area contributed by atoms with Crippen LogP contribution in [-0.2, 0) is 58.6 Å². The van der Waals surface area contributed by atoms with E-state index < -0.39 is 56.5 Å². The summed E-state index contributed by atoms with van der Waals surface area (Å²) >= 11 is 0. The van der Waals surface area contributed by atoms with E-state index in [1.165, 1.54) is 75.1 Å². The summed E-state index contributed by atoms with van der Waals surface area (Å²) in [5, 5.41) is 4.95. The van der Waals surface area contributed by atoms with Crippen LogP contribution in [0.5, 0.6) is 11.5 Å². The lowest BCUT2D eigenvalue weighted by atomic mass is 10.1. The van der Waals surface area contributed by atoms with Crippen LogP contribution in [0.1, 0.15) is 17.0 Å². The van der Waals surface area contributed by atoms with Crippen LogP contribution >= 0.6 is 0 Å². The fourth-order valence-electron chi connectivity index (χ4n) is 4.99.